The molecule has 146 valence electrons. The molecule has 0 unspecified atom stereocenters. The molecule has 0 aliphatic heterocycles. The van der Waals surface area contributed by atoms with Gasteiger partial charge in [0.2, 0.25) is 5.82 Å². The lowest BCUT2D eigenvalue weighted by molar-refractivity contribution is 0.0981. The second-order valence-corrected chi connectivity index (χ2v) is 6.40. The number of carbonyl (C=O) groups is 1. The molecule has 0 atom stereocenters. The summed E-state index contributed by atoms with van der Waals surface area (Å²) in [6.07, 6.45) is 1.70. The third-order valence-electron chi connectivity index (χ3n) is 4.18. The third kappa shape index (κ3) is 4.29. The Labute approximate surface area is 166 Å². The molecule has 9 heteroatoms. The molecule has 1 amide bonds. The minimum Gasteiger partial charge on any atom is -0.497 e. The molecule has 4 rings (SSSR count). The Morgan fingerprint density at radius 1 is 1.21 bits per heavy atom. The van der Waals surface area contributed by atoms with Crippen LogP contribution in [0.1, 0.15) is 21.8 Å². The average Bonchev–Trinajstić information content (AvgIpc) is 3.39. The lowest BCUT2D eigenvalue weighted by Crippen LogP contribution is -2.12. The Balaban J connectivity index is 1.45. The number of ether oxygens (including phenoxy) is 1. The summed E-state index contributed by atoms with van der Waals surface area (Å²) in [5, 5.41) is 14.7. The van der Waals surface area contributed by atoms with E-state index in [0.29, 0.717) is 23.7 Å². The molecule has 0 saturated carbocycles. The lowest BCUT2D eigenvalue weighted by Gasteiger charge is -2.04. The molecule has 1 N–H and O–H groups in total. The van der Waals surface area contributed by atoms with Crippen LogP contribution >= 0.6 is 0 Å². The Morgan fingerprint density at radius 3 is 2.83 bits per heavy atom. The van der Waals surface area contributed by atoms with Crippen molar-refractivity contribution in [3.05, 3.63) is 71.7 Å². The van der Waals surface area contributed by atoms with Gasteiger partial charge < -0.3 is 14.6 Å². The second kappa shape index (κ2) is 7.93. The summed E-state index contributed by atoms with van der Waals surface area (Å²) >= 11 is 0. The summed E-state index contributed by atoms with van der Waals surface area (Å²) in [7, 11) is 1.55. The van der Waals surface area contributed by atoms with Crippen molar-refractivity contribution < 1.29 is 14.1 Å². The van der Waals surface area contributed by atoms with E-state index in [2.05, 4.69) is 25.8 Å². The molecule has 0 spiro atoms. The Bertz CT molecular complexity index is 1130. The molecule has 2 heterocycles. The van der Waals surface area contributed by atoms with Gasteiger partial charge in [-0.1, -0.05) is 46.3 Å². The van der Waals surface area contributed by atoms with Gasteiger partial charge in [-0.2, -0.15) is 4.98 Å². The van der Waals surface area contributed by atoms with E-state index in [4.69, 9.17) is 9.26 Å². The van der Waals surface area contributed by atoms with Gasteiger partial charge in [0.05, 0.1) is 19.9 Å². The standard InChI is InChI=1S/C20H18N6O3/c1-13-6-8-14(9-7-13)11-26-12-17(23-25-26)18-22-20(29-24-18)19(27)21-15-4-3-5-16(10-15)28-2/h3-10,12H,11H2,1-2H3,(H,21,27). The van der Waals surface area contributed by atoms with Crippen molar-refractivity contribution in [1.29, 1.82) is 0 Å². The maximum absolute atomic E-state index is 12.3. The van der Waals surface area contributed by atoms with Gasteiger partial charge in [-0.25, -0.2) is 4.68 Å². The maximum atomic E-state index is 12.3. The van der Waals surface area contributed by atoms with Crippen LogP contribution < -0.4 is 10.1 Å². The summed E-state index contributed by atoms with van der Waals surface area (Å²) in [4.78, 5) is 16.5. The molecule has 9 nitrogen and oxygen atoms in total. The van der Waals surface area contributed by atoms with Gasteiger partial charge in [0.1, 0.15) is 5.75 Å². The number of aryl methyl sites for hydroxylation is 1. The number of amides is 1. The van der Waals surface area contributed by atoms with Gasteiger partial charge in [-0.15, -0.1) is 5.10 Å². The fraction of sp³-hybridized carbons (Fsp3) is 0.150. The maximum Gasteiger partial charge on any atom is 0.316 e. The molecule has 4 aromatic rings. The minimum atomic E-state index is -0.524. The zero-order valence-electron chi connectivity index (χ0n) is 15.9. The zero-order valence-corrected chi connectivity index (χ0v) is 15.9. The Kier molecular flexibility index (Phi) is 5.02. The molecule has 0 aliphatic rings. The number of hydrogen-bond acceptors (Lipinski definition) is 7. The first-order chi connectivity index (χ1) is 14.1. The van der Waals surface area contributed by atoms with Crippen LogP contribution in [-0.4, -0.2) is 38.2 Å². The third-order valence-corrected chi connectivity index (χ3v) is 4.18. The van der Waals surface area contributed by atoms with Crippen LogP contribution in [0.3, 0.4) is 0 Å². The second-order valence-electron chi connectivity index (χ2n) is 6.40. The van der Waals surface area contributed by atoms with Crippen molar-refractivity contribution in [1.82, 2.24) is 25.1 Å². The van der Waals surface area contributed by atoms with E-state index in [1.54, 1.807) is 42.3 Å². The largest absolute Gasteiger partial charge is 0.497 e. The number of methoxy groups -OCH3 is 1. The van der Waals surface area contributed by atoms with Crippen molar-refractivity contribution in [3.8, 4) is 17.3 Å². The highest BCUT2D eigenvalue weighted by atomic mass is 16.5. The zero-order chi connectivity index (χ0) is 20.2. The molecule has 2 aromatic heterocycles. The van der Waals surface area contributed by atoms with E-state index in [9.17, 15) is 4.79 Å². The van der Waals surface area contributed by atoms with Crippen LogP contribution in [0.4, 0.5) is 5.69 Å². The molecule has 0 aliphatic carbocycles. The van der Waals surface area contributed by atoms with E-state index in [-0.39, 0.29) is 11.7 Å². The summed E-state index contributed by atoms with van der Waals surface area (Å²) in [5.74, 6) is 0.120. The van der Waals surface area contributed by atoms with E-state index in [0.717, 1.165) is 5.56 Å². The Morgan fingerprint density at radius 2 is 2.03 bits per heavy atom. The number of aromatic nitrogens is 5. The topological polar surface area (TPSA) is 108 Å². The summed E-state index contributed by atoms with van der Waals surface area (Å²) < 4.78 is 11.9. The first-order valence-electron chi connectivity index (χ1n) is 8.86. The number of nitrogens with one attached hydrogen (secondary N) is 1. The number of anilines is 1. The fourth-order valence-electron chi connectivity index (χ4n) is 2.66. The van der Waals surface area contributed by atoms with E-state index in [1.165, 1.54) is 5.56 Å². The van der Waals surface area contributed by atoms with Crippen molar-refractivity contribution in [2.24, 2.45) is 0 Å². The van der Waals surface area contributed by atoms with Crippen LogP contribution in [0.2, 0.25) is 0 Å². The van der Waals surface area contributed by atoms with E-state index >= 15 is 0 Å². The van der Waals surface area contributed by atoms with Crippen molar-refractivity contribution in [2.75, 3.05) is 12.4 Å². The lowest BCUT2D eigenvalue weighted by atomic mass is 10.1. The molecule has 2 aromatic carbocycles. The number of nitrogens with zero attached hydrogens (tertiary/aromatic N) is 5. The van der Waals surface area contributed by atoms with E-state index in [1.807, 2.05) is 31.2 Å². The summed E-state index contributed by atoms with van der Waals surface area (Å²) in [6, 6.07) is 15.1. The number of carbonyl (C=O) groups excluding carboxylic acids is 1. The van der Waals surface area contributed by atoms with Crippen molar-refractivity contribution >= 4 is 11.6 Å². The van der Waals surface area contributed by atoms with Gasteiger partial charge in [0.15, 0.2) is 5.69 Å². The highest BCUT2D eigenvalue weighted by molar-refractivity contribution is 6.01. The van der Waals surface area contributed by atoms with Crippen LogP contribution in [0, 0.1) is 6.92 Å². The smallest absolute Gasteiger partial charge is 0.316 e. The molecule has 0 bridgehead atoms. The number of rotatable bonds is 6. The number of hydrogen-bond donors (Lipinski definition) is 1. The molecule has 0 fully saturated rings. The molecular weight excluding hydrogens is 372 g/mol. The fourth-order valence-corrected chi connectivity index (χ4v) is 2.66. The van der Waals surface area contributed by atoms with Gasteiger partial charge in [-0.3, -0.25) is 4.79 Å². The van der Waals surface area contributed by atoms with Crippen molar-refractivity contribution in [2.45, 2.75) is 13.5 Å². The number of benzene rings is 2. The normalized spacial score (nSPS) is 10.7. The summed E-state index contributed by atoms with van der Waals surface area (Å²) in [5.41, 5.74) is 3.26. The molecule has 29 heavy (non-hydrogen) atoms. The summed E-state index contributed by atoms with van der Waals surface area (Å²) in [6.45, 7) is 2.60. The quantitative estimate of drug-likeness (QED) is 0.539. The molecule has 0 saturated heterocycles. The van der Waals surface area contributed by atoms with Gasteiger partial charge >= 0.3 is 11.8 Å². The highest BCUT2D eigenvalue weighted by Gasteiger charge is 2.18. The van der Waals surface area contributed by atoms with Crippen LogP contribution in [-0.2, 0) is 6.54 Å². The predicted molar refractivity (Wildman–Crippen MR) is 105 cm³/mol. The predicted octanol–water partition coefficient (Wildman–Crippen LogP) is 2.95. The van der Waals surface area contributed by atoms with Gasteiger partial charge in [0, 0.05) is 11.8 Å². The SMILES string of the molecule is COc1cccc(NC(=O)c2nc(-c3cn(Cc4ccc(C)cc4)nn3)no2)c1. The van der Waals surface area contributed by atoms with Crippen LogP contribution in [0.15, 0.2) is 59.3 Å². The van der Waals surface area contributed by atoms with Crippen molar-refractivity contribution in [3.63, 3.8) is 0 Å². The molecule has 0 radical (unpaired) electrons. The minimum absolute atomic E-state index is 0.170. The van der Waals surface area contributed by atoms with E-state index < -0.39 is 5.91 Å². The monoisotopic (exact) mass is 390 g/mol. The first-order valence-corrected chi connectivity index (χ1v) is 8.86. The molecular formula is C20H18N6O3. The van der Waals surface area contributed by atoms with Crippen LogP contribution in [0.5, 0.6) is 5.75 Å². The van der Waals surface area contributed by atoms with Crippen LogP contribution in [0.25, 0.3) is 11.5 Å². The average molecular weight is 390 g/mol. The Hall–Kier alpha value is -4.01. The first kappa shape index (κ1) is 18.4. The van der Waals surface area contributed by atoms with Gasteiger partial charge in [0.25, 0.3) is 0 Å². The van der Waals surface area contributed by atoms with Gasteiger partial charge in [-0.05, 0) is 24.6 Å². The highest BCUT2D eigenvalue weighted by Crippen LogP contribution is 2.18.